The molecule has 0 aromatic heterocycles. The number of carboxylic acid groups (broad SMARTS) is 2. The first-order chi connectivity index (χ1) is 11.6. The van der Waals surface area contributed by atoms with Gasteiger partial charge in [0.2, 0.25) is 0 Å². The molecule has 0 amide bonds. The van der Waals surface area contributed by atoms with E-state index in [1.807, 2.05) is 0 Å². The molecule has 0 aliphatic carbocycles. The molecule has 0 radical (unpaired) electrons. The predicted molar refractivity (Wildman–Crippen MR) is 90.3 cm³/mol. The van der Waals surface area contributed by atoms with Crippen LogP contribution in [0, 0.1) is 6.92 Å². The lowest BCUT2D eigenvalue weighted by Gasteiger charge is -2.31. The number of nitrogens with one attached hydrogen (secondary N) is 1. The van der Waals surface area contributed by atoms with Gasteiger partial charge in [-0.2, -0.15) is 13.1 Å². The Morgan fingerprint density at radius 2 is 2.00 bits per heavy atom. The van der Waals surface area contributed by atoms with Gasteiger partial charge in [0.25, 0.3) is 0 Å². The highest BCUT2D eigenvalue weighted by atomic mass is 35.5. The Morgan fingerprint density at radius 3 is 2.56 bits per heavy atom. The summed E-state index contributed by atoms with van der Waals surface area (Å²) >= 11 is 6.15. The second-order valence-electron chi connectivity index (χ2n) is 5.58. The molecular formula is C15H17ClN2O6S. The Kier molecular flexibility index (Phi) is 5.71. The molecule has 1 atom stereocenters. The van der Waals surface area contributed by atoms with E-state index in [1.165, 1.54) is 0 Å². The fourth-order valence-corrected chi connectivity index (χ4v) is 4.08. The van der Waals surface area contributed by atoms with Crippen molar-refractivity contribution in [2.45, 2.75) is 25.8 Å². The zero-order valence-electron chi connectivity index (χ0n) is 13.3. The van der Waals surface area contributed by atoms with Crippen molar-refractivity contribution in [1.29, 1.82) is 0 Å². The molecule has 0 saturated heterocycles. The van der Waals surface area contributed by atoms with Crippen LogP contribution in [0.2, 0.25) is 5.02 Å². The SMILES string of the molecule is Cc1ccc(C2NS(=O)(=O)N(CCCC(=O)O)C=C2C(=O)O)c(Cl)c1. The van der Waals surface area contributed by atoms with Gasteiger partial charge in [-0.05, 0) is 30.5 Å². The molecule has 1 aliphatic rings. The van der Waals surface area contributed by atoms with Crippen LogP contribution in [-0.4, -0.2) is 41.4 Å². The van der Waals surface area contributed by atoms with Gasteiger partial charge in [0.15, 0.2) is 0 Å². The Bertz CT molecular complexity index is 836. The zero-order valence-corrected chi connectivity index (χ0v) is 14.8. The van der Waals surface area contributed by atoms with Crippen LogP contribution < -0.4 is 4.72 Å². The first kappa shape index (κ1) is 19.2. The maximum absolute atomic E-state index is 12.4. The largest absolute Gasteiger partial charge is 0.481 e. The average molecular weight is 389 g/mol. The van der Waals surface area contributed by atoms with E-state index in [4.69, 9.17) is 16.7 Å². The number of carbonyl (C=O) groups is 2. The molecule has 1 unspecified atom stereocenters. The Labute approximate surface area is 149 Å². The van der Waals surface area contributed by atoms with Crippen molar-refractivity contribution in [3.05, 3.63) is 46.1 Å². The highest BCUT2D eigenvalue weighted by Gasteiger charge is 2.36. The van der Waals surface area contributed by atoms with Crippen LogP contribution in [-0.2, 0) is 19.8 Å². The first-order valence-electron chi connectivity index (χ1n) is 7.34. The van der Waals surface area contributed by atoms with E-state index in [-0.39, 0.29) is 30.0 Å². The van der Waals surface area contributed by atoms with Crippen molar-refractivity contribution >= 4 is 33.7 Å². The van der Waals surface area contributed by atoms with Crippen molar-refractivity contribution in [2.75, 3.05) is 6.54 Å². The summed E-state index contributed by atoms with van der Waals surface area (Å²) < 4.78 is 27.9. The van der Waals surface area contributed by atoms with E-state index < -0.39 is 28.2 Å². The molecule has 0 saturated carbocycles. The summed E-state index contributed by atoms with van der Waals surface area (Å²) in [6.07, 6.45) is 0.835. The predicted octanol–water partition coefficient (Wildman–Crippen LogP) is 1.67. The molecule has 136 valence electrons. The molecule has 0 spiro atoms. The fourth-order valence-electron chi connectivity index (χ4n) is 2.43. The van der Waals surface area contributed by atoms with Crippen LogP contribution in [0.15, 0.2) is 30.0 Å². The molecule has 1 aromatic carbocycles. The van der Waals surface area contributed by atoms with Gasteiger partial charge in [-0.25, -0.2) is 4.79 Å². The van der Waals surface area contributed by atoms with Gasteiger partial charge in [0.1, 0.15) is 0 Å². The normalized spacial score (nSPS) is 19.4. The third kappa shape index (κ3) is 4.50. The number of benzene rings is 1. The molecule has 1 aliphatic heterocycles. The lowest BCUT2D eigenvalue weighted by molar-refractivity contribution is -0.137. The minimum atomic E-state index is -4.02. The summed E-state index contributed by atoms with van der Waals surface area (Å²) in [5, 5.41) is 18.3. The van der Waals surface area contributed by atoms with Crippen LogP contribution in [0.4, 0.5) is 0 Å². The third-order valence-corrected chi connectivity index (χ3v) is 5.42. The van der Waals surface area contributed by atoms with Gasteiger partial charge >= 0.3 is 22.1 Å². The fraction of sp³-hybridized carbons (Fsp3) is 0.333. The number of rotatable bonds is 6. The van der Waals surface area contributed by atoms with Crippen LogP contribution >= 0.6 is 11.6 Å². The van der Waals surface area contributed by atoms with Crippen LogP contribution in [0.25, 0.3) is 0 Å². The van der Waals surface area contributed by atoms with Gasteiger partial charge in [0.05, 0.1) is 11.6 Å². The smallest absolute Gasteiger partial charge is 0.335 e. The van der Waals surface area contributed by atoms with Gasteiger partial charge in [-0.1, -0.05) is 23.7 Å². The van der Waals surface area contributed by atoms with Crippen LogP contribution in [0.3, 0.4) is 0 Å². The molecule has 25 heavy (non-hydrogen) atoms. The van der Waals surface area contributed by atoms with Crippen molar-refractivity contribution in [1.82, 2.24) is 9.03 Å². The first-order valence-corrected chi connectivity index (χ1v) is 9.15. The maximum Gasteiger partial charge on any atom is 0.335 e. The van der Waals surface area contributed by atoms with E-state index in [1.54, 1.807) is 25.1 Å². The topological polar surface area (TPSA) is 124 Å². The summed E-state index contributed by atoms with van der Waals surface area (Å²) in [5.41, 5.74) is 0.981. The van der Waals surface area contributed by atoms with Gasteiger partial charge in [-0.15, -0.1) is 0 Å². The van der Waals surface area contributed by atoms with Crippen molar-refractivity contribution in [3.8, 4) is 0 Å². The summed E-state index contributed by atoms with van der Waals surface area (Å²) in [5.74, 6) is -2.36. The number of halogens is 1. The molecule has 3 N–H and O–H groups in total. The summed E-state index contributed by atoms with van der Waals surface area (Å²) in [6.45, 7) is 1.66. The van der Waals surface area contributed by atoms with Crippen molar-refractivity contribution in [2.24, 2.45) is 0 Å². The maximum atomic E-state index is 12.4. The van der Waals surface area contributed by atoms with Crippen LogP contribution in [0.5, 0.6) is 0 Å². The molecule has 10 heteroatoms. The lowest BCUT2D eigenvalue weighted by atomic mass is 9.99. The molecule has 1 heterocycles. The number of hydrogen-bond donors (Lipinski definition) is 3. The van der Waals surface area contributed by atoms with Crippen molar-refractivity contribution < 1.29 is 28.2 Å². The third-order valence-electron chi connectivity index (χ3n) is 3.65. The average Bonchev–Trinajstić information content (AvgIpc) is 2.47. The van der Waals surface area contributed by atoms with Gasteiger partial charge < -0.3 is 10.2 Å². The number of nitrogens with zero attached hydrogens (tertiary/aromatic N) is 1. The molecule has 2 rings (SSSR count). The molecule has 1 aromatic rings. The second kappa shape index (κ2) is 7.42. The van der Waals surface area contributed by atoms with E-state index >= 15 is 0 Å². The van der Waals surface area contributed by atoms with Gasteiger partial charge in [-0.3, -0.25) is 9.10 Å². The summed E-state index contributed by atoms with van der Waals surface area (Å²) in [7, 11) is -4.02. The number of aliphatic carboxylic acids is 2. The Hall–Kier alpha value is -2.10. The van der Waals surface area contributed by atoms with Crippen LogP contribution in [0.1, 0.15) is 30.0 Å². The molecule has 8 nitrogen and oxygen atoms in total. The van der Waals surface area contributed by atoms with Gasteiger partial charge in [0, 0.05) is 24.2 Å². The van der Waals surface area contributed by atoms with E-state index in [9.17, 15) is 23.1 Å². The number of carboxylic acids is 2. The quantitative estimate of drug-likeness (QED) is 0.681. The summed E-state index contributed by atoms with van der Waals surface area (Å²) in [6, 6.07) is 3.76. The highest BCUT2D eigenvalue weighted by molar-refractivity contribution is 7.87. The minimum absolute atomic E-state index is 0.0512. The number of hydrogen-bond acceptors (Lipinski definition) is 4. The zero-order chi connectivity index (χ0) is 18.8. The molecular weight excluding hydrogens is 372 g/mol. The lowest BCUT2D eigenvalue weighted by Crippen LogP contribution is -2.46. The monoisotopic (exact) mass is 388 g/mol. The molecule has 0 fully saturated rings. The second-order valence-corrected chi connectivity index (χ2v) is 7.64. The Balaban J connectivity index is 2.40. The van der Waals surface area contributed by atoms with E-state index in [2.05, 4.69) is 4.72 Å². The minimum Gasteiger partial charge on any atom is -0.481 e. The van der Waals surface area contributed by atoms with E-state index in [0.29, 0.717) is 5.56 Å². The standard InChI is InChI=1S/C15H17ClN2O6S/c1-9-4-5-10(12(16)7-9)14-11(15(21)22)8-18(25(23,24)17-14)6-2-3-13(19)20/h4-5,7-8,14,17H,2-3,6H2,1H3,(H,19,20)(H,21,22). The van der Waals surface area contributed by atoms with E-state index in [0.717, 1.165) is 16.1 Å². The Morgan fingerprint density at radius 1 is 1.32 bits per heavy atom. The highest BCUT2D eigenvalue weighted by Crippen LogP contribution is 2.33. The number of aryl methyl sites for hydroxylation is 1. The van der Waals surface area contributed by atoms with Crippen molar-refractivity contribution in [3.63, 3.8) is 0 Å². The molecule has 0 bridgehead atoms. The summed E-state index contributed by atoms with van der Waals surface area (Å²) in [4.78, 5) is 22.2.